The maximum Gasteiger partial charge on any atom is 0.0278 e. The molecule has 3 heteroatoms. The normalized spacial score (nSPS) is 26.4. The summed E-state index contributed by atoms with van der Waals surface area (Å²) >= 11 is 1.96. The lowest BCUT2D eigenvalue weighted by Crippen LogP contribution is -2.32. The Hall–Kier alpha value is -0.540. The van der Waals surface area contributed by atoms with E-state index in [9.17, 15) is 0 Å². The van der Waals surface area contributed by atoms with Gasteiger partial charge in [0.25, 0.3) is 0 Å². The Bertz CT molecular complexity index is 355. The van der Waals surface area contributed by atoms with Crippen LogP contribution in [0.5, 0.6) is 0 Å². The highest BCUT2D eigenvalue weighted by molar-refractivity contribution is 8.00. The Morgan fingerprint density at radius 2 is 1.40 bits per heavy atom. The van der Waals surface area contributed by atoms with Crippen molar-refractivity contribution in [1.82, 2.24) is 4.98 Å². The molecule has 1 aliphatic carbocycles. The van der Waals surface area contributed by atoms with Crippen molar-refractivity contribution >= 4 is 11.8 Å². The van der Waals surface area contributed by atoms with Gasteiger partial charge in [-0.15, -0.1) is 11.8 Å². The average Bonchev–Trinajstić information content (AvgIpc) is 2.47. The summed E-state index contributed by atoms with van der Waals surface area (Å²) in [5, 5.41) is 0.567. The highest BCUT2D eigenvalue weighted by atomic mass is 32.2. The molecule has 0 amide bonds. The van der Waals surface area contributed by atoms with Crippen LogP contribution in [0.15, 0.2) is 29.4 Å². The van der Waals surface area contributed by atoms with E-state index in [4.69, 9.17) is 5.73 Å². The largest absolute Gasteiger partial charge is 0.327 e. The van der Waals surface area contributed by atoms with Gasteiger partial charge in [-0.1, -0.05) is 51.4 Å². The third-order valence-electron chi connectivity index (χ3n) is 4.19. The van der Waals surface area contributed by atoms with E-state index in [1.807, 2.05) is 24.2 Å². The Morgan fingerprint density at radius 1 is 0.850 bits per heavy atom. The summed E-state index contributed by atoms with van der Waals surface area (Å²) < 4.78 is 0. The highest BCUT2D eigenvalue weighted by Gasteiger charge is 2.19. The average molecular weight is 292 g/mol. The molecule has 1 saturated carbocycles. The van der Waals surface area contributed by atoms with E-state index in [0.29, 0.717) is 11.3 Å². The maximum absolute atomic E-state index is 6.47. The first-order valence-electron chi connectivity index (χ1n) is 8.18. The number of nitrogens with two attached hydrogens (primary N) is 1. The topological polar surface area (TPSA) is 38.9 Å². The number of thioether (sulfide) groups is 1. The molecule has 0 aliphatic heterocycles. The van der Waals surface area contributed by atoms with Crippen LogP contribution in [0, 0.1) is 0 Å². The zero-order valence-electron chi connectivity index (χ0n) is 12.5. The van der Waals surface area contributed by atoms with Gasteiger partial charge in [-0.3, -0.25) is 4.98 Å². The molecular weight excluding hydrogens is 264 g/mol. The molecule has 0 saturated heterocycles. The van der Waals surface area contributed by atoms with Crippen LogP contribution < -0.4 is 5.73 Å². The fourth-order valence-electron chi connectivity index (χ4n) is 2.92. The van der Waals surface area contributed by atoms with Crippen LogP contribution >= 0.6 is 11.8 Å². The third kappa shape index (κ3) is 5.84. The van der Waals surface area contributed by atoms with Crippen molar-refractivity contribution in [1.29, 1.82) is 0 Å². The van der Waals surface area contributed by atoms with Gasteiger partial charge >= 0.3 is 0 Å². The summed E-state index contributed by atoms with van der Waals surface area (Å²) in [5.74, 6) is 0. The molecule has 0 radical (unpaired) electrons. The molecule has 1 aliphatic rings. The van der Waals surface area contributed by atoms with Crippen molar-refractivity contribution in [2.45, 2.75) is 80.4 Å². The van der Waals surface area contributed by atoms with Gasteiger partial charge in [0.05, 0.1) is 0 Å². The van der Waals surface area contributed by atoms with Crippen molar-refractivity contribution in [3.05, 3.63) is 24.5 Å². The molecule has 2 unspecified atom stereocenters. The van der Waals surface area contributed by atoms with E-state index in [2.05, 4.69) is 17.1 Å². The lowest BCUT2D eigenvalue weighted by atomic mass is 9.98. The van der Waals surface area contributed by atoms with E-state index >= 15 is 0 Å². The second-order valence-electron chi connectivity index (χ2n) is 5.91. The molecule has 2 nitrogen and oxygen atoms in total. The fraction of sp³-hybridized carbons (Fsp3) is 0.706. The zero-order valence-corrected chi connectivity index (χ0v) is 13.3. The van der Waals surface area contributed by atoms with Crippen molar-refractivity contribution < 1.29 is 0 Å². The van der Waals surface area contributed by atoms with Crippen molar-refractivity contribution in [3.63, 3.8) is 0 Å². The van der Waals surface area contributed by atoms with Gasteiger partial charge in [-0.2, -0.15) is 0 Å². The zero-order chi connectivity index (χ0) is 14.0. The number of hydrogen-bond acceptors (Lipinski definition) is 3. The first kappa shape index (κ1) is 15.8. The van der Waals surface area contributed by atoms with Crippen molar-refractivity contribution in [3.8, 4) is 0 Å². The summed E-state index contributed by atoms with van der Waals surface area (Å²) in [5.41, 5.74) is 6.47. The number of pyridine rings is 1. The minimum atomic E-state index is 0.340. The van der Waals surface area contributed by atoms with Crippen LogP contribution in [0.2, 0.25) is 0 Å². The SMILES string of the molecule is NC1CCCCCCCCCCC1Sc1ccncc1. The minimum Gasteiger partial charge on any atom is -0.327 e. The van der Waals surface area contributed by atoms with Gasteiger partial charge in [0.2, 0.25) is 0 Å². The molecule has 20 heavy (non-hydrogen) atoms. The van der Waals surface area contributed by atoms with E-state index in [0.717, 1.165) is 0 Å². The van der Waals surface area contributed by atoms with Crippen LogP contribution in [0.3, 0.4) is 0 Å². The number of hydrogen-bond donors (Lipinski definition) is 1. The molecule has 1 heterocycles. The van der Waals surface area contributed by atoms with Gasteiger partial charge in [0.15, 0.2) is 0 Å². The summed E-state index contributed by atoms with van der Waals surface area (Å²) in [6.07, 6.45) is 17.2. The van der Waals surface area contributed by atoms with Crippen LogP contribution in [-0.4, -0.2) is 16.3 Å². The predicted octanol–water partition coefficient (Wildman–Crippen LogP) is 4.78. The summed E-state index contributed by atoms with van der Waals surface area (Å²) in [6.45, 7) is 0. The molecule has 1 aromatic rings. The molecule has 2 atom stereocenters. The van der Waals surface area contributed by atoms with E-state index in [1.54, 1.807) is 0 Å². The van der Waals surface area contributed by atoms with Crippen LogP contribution in [0.1, 0.15) is 64.2 Å². The van der Waals surface area contributed by atoms with Crippen LogP contribution in [-0.2, 0) is 0 Å². The monoisotopic (exact) mass is 292 g/mol. The summed E-state index contributed by atoms with van der Waals surface area (Å²) in [4.78, 5) is 5.41. The van der Waals surface area contributed by atoms with E-state index in [-0.39, 0.29) is 0 Å². The molecule has 1 aromatic heterocycles. The van der Waals surface area contributed by atoms with Gasteiger partial charge < -0.3 is 5.73 Å². The molecule has 1 fully saturated rings. The molecule has 0 bridgehead atoms. The molecule has 2 N–H and O–H groups in total. The second kappa shape index (κ2) is 9.41. The molecule has 2 rings (SSSR count). The number of aromatic nitrogens is 1. The Morgan fingerprint density at radius 3 is 2.05 bits per heavy atom. The van der Waals surface area contributed by atoms with Gasteiger partial charge in [0.1, 0.15) is 0 Å². The molecule has 0 spiro atoms. The Balaban J connectivity index is 1.90. The highest BCUT2D eigenvalue weighted by Crippen LogP contribution is 2.30. The summed E-state index contributed by atoms with van der Waals surface area (Å²) in [7, 11) is 0. The minimum absolute atomic E-state index is 0.340. The van der Waals surface area contributed by atoms with Crippen LogP contribution in [0.4, 0.5) is 0 Å². The molecule has 112 valence electrons. The van der Waals surface area contributed by atoms with E-state index < -0.39 is 0 Å². The van der Waals surface area contributed by atoms with E-state index in [1.165, 1.54) is 69.1 Å². The van der Waals surface area contributed by atoms with Crippen molar-refractivity contribution in [2.75, 3.05) is 0 Å². The lowest BCUT2D eigenvalue weighted by molar-refractivity contribution is 0.473. The molecule has 0 aromatic carbocycles. The number of rotatable bonds is 2. The molecular formula is C17H28N2S. The summed E-state index contributed by atoms with van der Waals surface area (Å²) in [6, 6.07) is 4.55. The fourth-order valence-corrected chi connectivity index (χ4v) is 4.15. The number of nitrogens with zero attached hydrogens (tertiary/aromatic N) is 1. The standard InChI is InChI=1S/C17H28N2S/c18-16-9-7-5-3-1-2-4-6-8-10-17(16)20-15-11-13-19-14-12-15/h11-14,16-17H,1-10,18H2. The van der Waals surface area contributed by atoms with Gasteiger partial charge in [0, 0.05) is 28.6 Å². The first-order valence-corrected chi connectivity index (χ1v) is 9.06. The van der Waals surface area contributed by atoms with Gasteiger partial charge in [-0.05, 0) is 25.0 Å². The third-order valence-corrected chi connectivity index (χ3v) is 5.62. The first-order chi connectivity index (χ1) is 9.86. The predicted molar refractivity (Wildman–Crippen MR) is 88.0 cm³/mol. The quantitative estimate of drug-likeness (QED) is 0.852. The maximum atomic E-state index is 6.47. The second-order valence-corrected chi connectivity index (χ2v) is 7.22. The van der Waals surface area contributed by atoms with Crippen LogP contribution in [0.25, 0.3) is 0 Å². The van der Waals surface area contributed by atoms with Crippen molar-refractivity contribution in [2.24, 2.45) is 5.73 Å². The Kier molecular flexibility index (Phi) is 7.45. The Labute approximate surface area is 127 Å². The lowest BCUT2D eigenvalue weighted by Gasteiger charge is -2.24. The smallest absolute Gasteiger partial charge is 0.0278 e. The van der Waals surface area contributed by atoms with Gasteiger partial charge in [-0.25, -0.2) is 0 Å².